The summed E-state index contributed by atoms with van der Waals surface area (Å²) in [4.78, 5) is 20.0. The van der Waals surface area contributed by atoms with Crippen LogP contribution < -0.4 is 5.73 Å². The highest BCUT2D eigenvalue weighted by Crippen LogP contribution is 2.07. The van der Waals surface area contributed by atoms with Gasteiger partial charge in [-0.05, 0) is 24.3 Å². The number of hydrogen-bond donors (Lipinski definition) is 2. The number of halogens is 1. The lowest BCUT2D eigenvalue weighted by atomic mass is 10.2. The van der Waals surface area contributed by atoms with Crippen molar-refractivity contribution in [3.05, 3.63) is 29.8 Å². The minimum atomic E-state index is -0.399. The standard InChI is InChI=1S/C11H13IN2O4/c12-18-17-7-8(6-15)5-14-11(16)9-1-3-10(13)4-2-9/h1-5,8,15H,6-7,13H2. The van der Waals surface area contributed by atoms with E-state index in [0.29, 0.717) is 11.3 Å². The van der Waals surface area contributed by atoms with Crippen molar-refractivity contribution in [3.63, 3.8) is 0 Å². The number of anilines is 1. The Morgan fingerprint density at radius 1 is 1.50 bits per heavy atom. The van der Waals surface area contributed by atoms with Gasteiger partial charge < -0.3 is 10.8 Å². The molecule has 7 heteroatoms. The summed E-state index contributed by atoms with van der Waals surface area (Å²) >= 11 is 1.56. The molecule has 0 bridgehead atoms. The second-order valence-electron chi connectivity index (χ2n) is 3.50. The zero-order chi connectivity index (χ0) is 13.4. The predicted octanol–water partition coefficient (Wildman–Crippen LogP) is 1.39. The Hall–Kier alpha value is -1.03. The monoisotopic (exact) mass is 364 g/mol. The van der Waals surface area contributed by atoms with Gasteiger partial charge in [0.25, 0.3) is 5.91 Å². The normalized spacial score (nSPS) is 12.8. The van der Waals surface area contributed by atoms with Crippen molar-refractivity contribution in [2.45, 2.75) is 0 Å². The summed E-state index contributed by atoms with van der Waals surface area (Å²) in [6, 6.07) is 6.43. The fourth-order valence-electron chi connectivity index (χ4n) is 1.13. The molecule has 1 atom stereocenters. The van der Waals surface area contributed by atoms with Gasteiger partial charge >= 0.3 is 0 Å². The van der Waals surface area contributed by atoms with Crippen LogP contribution in [0, 0.1) is 5.92 Å². The fraction of sp³-hybridized carbons (Fsp3) is 0.273. The second kappa shape index (κ2) is 8.14. The maximum Gasteiger partial charge on any atom is 0.276 e. The van der Waals surface area contributed by atoms with Crippen LogP contribution in [0.3, 0.4) is 0 Å². The number of aliphatic hydroxyl groups excluding tert-OH is 1. The van der Waals surface area contributed by atoms with Gasteiger partial charge in [-0.25, -0.2) is 9.88 Å². The minimum absolute atomic E-state index is 0.123. The number of aliphatic imine (C=N–C) groups is 1. The number of carbonyl (C=O) groups is 1. The Labute approximate surface area is 118 Å². The van der Waals surface area contributed by atoms with Crippen molar-refractivity contribution in [1.29, 1.82) is 0 Å². The van der Waals surface area contributed by atoms with Crippen LogP contribution in [0.1, 0.15) is 10.4 Å². The van der Waals surface area contributed by atoms with E-state index in [-0.39, 0.29) is 13.2 Å². The molecular formula is C11H13IN2O4. The van der Waals surface area contributed by atoms with E-state index in [9.17, 15) is 4.79 Å². The molecule has 0 radical (unpaired) electrons. The maximum atomic E-state index is 11.7. The summed E-state index contributed by atoms with van der Waals surface area (Å²) in [7, 11) is 0. The zero-order valence-corrected chi connectivity index (χ0v) is 11.6. The number of nitrogen functional groups attached to an aromatic ring is 1. The second-order valence-corrected chi connectivity index (χ2v) is 3.86. The average Bonchev–Trinajstić information content (AvgIpc) is 2.39. The van der Waals surface area contributed by atoms with Crippen molar-refractivity contribution >= 4 is 40.8 Å². The first kappa shape index (κ1) is 15.0. The van der Waals surface area contributed by atoms with Gasteiger partial charge in [0, 0.05) is 23.4 Å². The SMILES string of the molecule is Nc1ccc(C(=O)N=CC(CO)COOI)cc1. The third-order valence-electron chi connectivity index (χ3n) is 2.12. The topological polar surface area (TPSA) is 94.1 Å². The van der Waals surface area contributed by atoms with Gasteiger partial charge in [-0.3, -0.25) is 4.79 Å². The number of benzene rings is 1. The Kier molecular flexibility index (Phi) is 6.80. The van der Waals surface area contributed by atoms with E-state index in [0.717, 1.165) is 0 Å². The molecule has 0 saturated carbocycles. The van der Waals surface area contributed by atoms with Crippen LogP contribution in [0.4, 0.5) is 5.69 Å². The lowest BCUT2D eigenvalue weighted by Gasteiger charge is -2.05. The Bertz CT molecular complexity index is 408. The molecule has 1 aromatic carbocycles. The number of rotatable bonds is 6. The van der Waals surface area contributed by atoms with Crippen LogP contribution >= 0.6 is 23.0 Å². The van der Waals surface area contributed by atoms with Crippen molar-refractivity contribution in [3.8, 4) is 0 Å². The van der Waals surface area contributed by atoms with Crippen molar-refractivity contribution in [1.82, 2.24) is 0 Å². The lowest BCUT2D eigenvalue weighted by Crippen LogP contribution is -2.15. The first-order chi connectivity index (χ1) is 8.67. The molecular weight excluding hydrogens is 351 g/mol. The van der Waals surface area contributed by atoms with Crippen LogP contribution in [-0.2, 0) is 8.10 Å². The third-order valence-corrected chi connectivity index (χ3v) is 2.38. The van der Waals surface area contributed by atoms with Crippen LogP contribution in [-0.4, -0.2) is 30.4 Å². The molecule has 1 unspecified atom stereocenters. The summed E-state index contributed by atoms with van der Waals surface area (Å²) < 4.78 is 4.38. The lowest BCUT2D eigenvalue weighted by molar-refractivity contribution is -0.173. The van der Waals surface area contributed by atoms with Gasteiger partial charge in [0.05, 0.1) is 13.2 Å². The molecule has 0 aliphatic heterocycles. The van der Waals surface area contributed by atoms with E-state index in [1.807, 2.05) is 0 Å². The first-order valence-electron chi connectivity index (χ1n) is 5.12. The minimum Gasteiger partial charge on any atom is -0.399 e. The molecule has 1 rings (SSSR count). The molecule has 6 nitrogen and oxygen atoms in total. The summed E-state index contributed by atoms with van der Waals surface area (Å²) in [5.41, 5.74) is 6.52. The molecule has 0 heterocycles. The van der Waals surface area contributed by atoms with E-state index in [2.05, 4.69) is 13.1 Å². The summed E-state index contributed by atoms with van der Waals surface area (Å²) in [5.74, 6) is -0.790. The summed E-state index contributed by atoms with van der Waals surface area (Å²) in [6.07, 6.45) is 1.34. The number of amides is 1. The highest BCUT2D eigenvalue weighted by molar-refractivity contribution is 14.1. The van der Waals surface area contributed by atoms with Gasteiger partial charge in [0.2, 0.25) is 0 Å². The fourth-order valence-corrected chi connectivity index (χ4v) is 1.28. The van der Waals surface area contributed by atoms with E-state index in [4.69, 9.17) is 10.8 Å². The molecule has 98 valence electrons. The van der Waals surface area contributed by atoms with Crippen molar-refractivity contribution in [2.75, 3.05) is 18.9 Å². The molecule has 1 amide bonds. The van der Waals surface area contributed by atoms with Crippen molar-refractivity contribution in [2.24, 2.45) is 10.9 Å². The van der Waals surface area contributed by atoms with Gasteiger partial charge in [-0.15, -0.1) is 0 Å². The zero-order valence-electron chi connectivity index (χ0n) is 9.45. The molecule has 0 saturated heterocycles. The van der Waals surface area contributed by atoms with Gasteiger partial charge in [-0.1, -0.05) is 0 Å². The van der Waals surface area contributed by atoms with Gasteiger partial charge in [-0.2, -0.15) is 3.22 Å². The number of carbonyl (C=O) groups excluding carboxylic acids is 1. The molecule has 0 fully saturated rings. The molecule has 1 aromatic rings. The molecule has 0 aromatic heterocycles. The number of hydrogen-bond acceptors (Lipinski definition) is 5. The quantitative estimate of drug-likeness (QED) is 0.262. The molecule has 0 aliphatic rings. The molecule has 0 aliphatic carbocycles. The van der Waals surface area contributed by atoms with Gasteiger partial charge in [0.1, 0.15) is 0 Å². The van der Waals surface area contributed by atoms with Crippen LogP contribution in [0.25, 0.3) is 0 Å². The van der Waals surface area contributed by atoms with Crippen LogP contribution in [0.15, 0.2) is 29.3 Å². The number of nitrogens with two attached hydrogens (primary N) is 1. The van der Waals surface area contributed by atoms with Gasteiger partial charge in [0.15, 0.2) is 23.0 Å². The van der Waals surface area contributed by atoms with E-state index in [1.165, 1.54) is 6.21 Å². The predicted molar refractivity (Wildman–Crippen MR) is 75.3 cm³/mol. The maximum absolute atomic E-state index is 11.7. The number of nitrogens with zero attached hydrogens (tertiary/aromatic N) is 1. The Balaban J connectivity index is 2.59. The number of aliphatic hydroxyl groups is 1. The molecule has 18 heavy (non-hydrogen) atoms. The highest BCUT2D eigenvalue weighted by Gasteiger charge is 2.07. The smallest absolute Gasteiger partial charge is 0.276 e. The van der Waals surface area contributed by atoms with Crippen LogP contribution in [0.2, 0.25) is 0 Å². The Morgan fingerprint density at radius 3 is 2.72 bits per heavy atom. The third kappa shape index (κ3) is 5.08. The Morgan fingerprint density at radius 2 is 2.17 bits per heavy atom. The van der Waals surface area contributed by atoms with Crippen molar-refractivity contribution < 1.29 is 18.0 Å². The van der Waals surface area contributed by atoms with E-state index in [1.54, 1.807) is 47.3 Å². The summed E-state index contributed by atoms with van der Waals surface area (Å²) in [6.45, 7) is -0.0591. The van der Waals surface area contributed by atoms with E-state index >= 15 is 0 Å². The highest BCUT2D eigenvalue weighted by atomic mass is 127. The average molecular weight is 364 g/mol. The van der Waals surface area contributed by atoms with Crippen LogP contribution in [0.5, 0.6) is 0 Å². The molecule has 0 spiro atoms. The largest absolute Gasteiger partial charge is 0.399 e. The molecule has 3 N–H and O–H groups in total. The first-order valence-corrected chi connectivity index (χ1v) is 6.00. The van der Waals surface area contributed by atoms with E-state index < -0.39 is 11.8 Å². The summed E-state index contributed by atoms with van der Waals surface area (Å²) in [5, 5.41) is 9.02.